The standard InChI is InChI=1S/C16H18N4/c1-12-9-14(3)20(17-12)16-10-13(2)19(18-16)11-15-7-5-4-6-8-15/h4-10H,11H2,1-3H3. The SMILES string of the molecule is Cc1cc(C)n(-c2cc(C)n(Cc3ccccc3)n2)n1. The Morgan fingerprint density at radius 2 is 1.65 bits per heavy atom. The Balaban J connectivity index is 1.93. The lowest BCUT2D eigenvalue weighted by molar-refractivity contribution is 0.648. The van der Waals surface area contributed by atoms with Gasteiger partial charge in [-0.25, -0.2) is 4.68 Å². The van der Waals surface area contributed by atoms with Crippen LogP contribution in [0.3, 0.4) is 0 Å². The zero-order chi connectivity index (χ0) is 14.1. The van der Waals surface area contributed by atoms with Crippen molar-refractivity contribution in [1.29, 1.82) is 0 Å². The third-order valence-electron chi connectivity index (χ3n) is 3.37. The quantitative estimate of drug-likeness (QED) is 0.730. The van der Waals surface area contributed by atoms with Crippen molar-refractivity contribution in [3.63, 3.8) is 0 Å². The van der Waals surface area contributed by atoms with Crippen LogP contribution in [0.1, 0.15) is 22.6 Å². The Hall–Kier alpha value is -2.36. The highest BCUT2D eigenvalue weighted by Gasteiger charge is 2.10. The first-order valence-corrected chi connectivity index (χ1v) is 6.75. The van der Waals surface area contributed by atoms with E-state index in [0.29, 0.717) is 0 Å². The summed E-state index contributed by atoms with van der Waals surface area (Å²) in [6.45, 7) is 6.90. The number of aromatic nitrogens is 4. The van der Waals surface area contributed by atoms with Crippen LogP contribution in [0.2, 0.25) is 0 Å². The molecule has 0 aliphatic carbocycles. The average Bonchev–Trinajstić information content (AvgIpc) is 2.94. The molecule has 2 aromatic heterocycles. The van der Waals surface area contributed by atoms with Gasteiger partial charge >= 0.3 is 0 Å². The van der Waals surface area contributed by atoms with Crippen LogP contribution >= 0.6 is 0 Å². The lowest BCUT2D eigenvalue weighted by Crippen LogP contribution is -2.06. The van der Waals surface area contributed by atoms with Crippen LogP contribution in [0.15, 0.2) is 42.5 Å². The van der Waals surface area contributed by atoms with E-state index in [2.05, 4.69) is 53.5 Å². The number of rotatable bonds is 3. The molecule has 0 aliphatic rings. The molecule has 2 heterocycles. The monoisotopic (exact) mass is 266 g/mol. The maximum Gasteiger partial charge on any atom is 0.175 e. The van der Waals surface area contributed by atoms with Crippen molar-refractivity contribution in [3.8, 4) is 5.82 Å². The Morgan fingerprint density at radius 3 is 2.30 bits per heavy atom. The minimum Gasteiger partial charge on any atom is -0.263 e. The van der Waals surface area contributed by atoms with Crippen molar-refractivity contribution in [2.24, 2.45) is 0 Å². The van der Waals surface area contributed by atoms with Gasteiger partial charge in [-0.1, -0.05) is 30.3 Å². The fraction of sp³-hybridized carbons (Fsp3) is 0.250. The van der Waals surface area contributed by atoms with Crippen LogP contribution < -0.4 is 0 Å². The topological polar surface area (TPSA) is 35.6 Å². The number of hydrogen-bond donors (Lipinski definition) is 0. The largest absolute Gasteiger partial charge is 0.263 e. The van der Waals surface area contributed by atoms with Crippen molar-refractivity contribution >= 4 is 0 Å². The summed E-state index contributed by atoms with van der Waals surface area (Å²) in [6.07, 6.45) is 0. The normalized spacial score (nSPS) is 10.9. The zero-order valence-corrected chi connectivity index (χ0v) is 12.0. The maximum atomic E-state index is 4.67. The lowest BCUT2D eigenvalue weighted by Gasteiger charge is -2.04. The Labute approximate surface area is 118 Å². The van der Waals surface area contributed by atoms with E-state index in [4.69, 9.17) is 0 Å². The molecule has 3 rings (SSSR count). The van der Waals surface area contributed by atoms with Gasteiger partial charge < -0.3 is 0 Å². The van der Waals surface area contributed by atoms with Gasteiger partial charge in [0, 0.05) is 17.5 Å². The van der Waals surface area contributed by atoms with E-state index >= 15 is 0 Å². The summed E-state index contributed by atoms with van der Waals surface area (Å²) in [4.78, 5) is 0. The van der Waals surface area contributed by atoms with Crippen molar-refractivity contribution in [2.45, 2.75) is 27.3 Å². The highest BCUT2D eigenvalue weighted by atomic mass is 15.4. The van der Waals surface area contributed by atoms with E-state index in [1.807, 2.05) is 29.3 Å². The summed E-state index contributed by atoms with van der Waals surface area (Å²) in [5.74, 6) is 0.879. The highest BCUT2D eigenvalue weighted by molar-refractivity contribution is 5.28. The molecule has 0 bridgehead atoms. The highest BCUT2D eigenvalue weighted by Crippen LogP contribution is 2.13. The lowest BCUT2D eigenvalue weighted by atomic mass is 10.2. The second-order valence-electron chi connectivity index (χ2n) is 5.13. The Kier molecular flexibility index (Phi) is 3.14. The molecule has 0 unspecified atom stereocenters. The molecule has 20 heavy (non-hydrogen) atoms. The first-order chi connectivity index (χ1) is 9.63. The van der Waals surface area contributed by atoms with E-state index in [1.165, 1.54) is 5.56 Å². The van der Waals surface area contributed by atoms with E-state index in [-0.39, 0.29) is 0 Å². The molecule has 0 amide bonds. The van der Waals surface area contributed by atoms with E-state index in [1.54, 1.807) is 0 Å². The predicted molar refractivity (Wildman–Crippen MR) is 79.1 cm³/mol. The second kappa shape index (κ2) is 4.96. The number of aryl methyl sites for hydroxylation is 3. The molecule has 0 N–H and O–H groups in total. The third-order valence-corrected chi connectivity index (χ3v) is 3.37. The van der Waals surface area contributed by atoms with Crippen LogP contribution in [0.25, 0.3) is 5.82 Å². The van der Waals surface area contributed by atoms with E-state index < -0.39 is 0 Å². The van der Waals surface area contributed by atoms with E-state index in [9.17, 15) is 0 Å². The predicted octanol–water partition coefficient (Wildman–Crippen LogP) is 3.04. The number of hydrogen-bond acceptors (Lipinski definition) is 2. The van der Waals surface area contributed by atoms with Crippen LogP contribution in [-0.4, -0.2) is 19.6 Å². The summed E-state index contributed by atoms with van der Waals surface area (Å²) >= 11 is 0. The minimum atomic E-state index is 0.784. The summed E-state index contributed by atoms with van der Waals surface area (Å²) < 4.78 is 3.91. The number of nitrogens with zero attached hydrogens (tertiary/aromatic N) is 4. The Bertz CT molecular complexity index is 722. The smallest absolute Gasteiger partial charge is 0.175 e. The van der Waals surface area contributed by atoms with Crippen LogP contribution in [0.4, 0.5) is 0 Å². The molecule has 4 nitrogen and oxygen atoms in total. The fourth-order valence-electron chi connectivity index (χ4n) is 2.37. The van der Waals surface area contributed by atoms with Crippen LogP contribution in [0, 0.1) is 20.8 Å². The molecule has 102 valence electrons. The van der Waals surface area contributed by atoms with Crippen LogP contribution in [-0.2, 0) is 6.54 Å². The van der Waals surface area contributed by atoms with Gasteiger partial charge in [0.05, 0.1) is 12.2 Å². The van der Waals surface area contributed by atoms with Gasteiger partial charge in [0.2, 0.25) is 0 Å². The van der Waals surface area contributed by atoms with Gasteiger partial charge in [0.15, 0.2) is 5.82 Å². The van der Waals surface area contributed by atoms with Crippen LogP contribution in [0.5, 0.6) is 0 Å². The minimum absolute atomic E-state index is 0.784. The first kappa shape index (κ1) is 12.7. The summed E-state index contributed by atoms with van der Waals surface area (Å²) in [6, 6.07) is 14.5. The summed E-state index contributed by atoms with van der Waals surface area (Å²) in [7, 11) is 0. The molecule has 0 atom stereocenters. The molecule has 4 heteroatoms. The Morgan fingerprint density at radius 1 is 0.900 bits per heavy atom. The second-order valence-corrected chi connectivity index (χ2v) is 5.13. The molecular formula is C16H18N4. The molecule has 0 radical (unpaired) electrons. The molecule has 1 aromatic carbocycles. The average molecular weight is 266 g/mol. The van der Waals surface area contributed by atoms with Crippen molar-refractivity contribution in [1.82, 2.24) is 19.6 Å². The number of benzene rings is 1. The molecule has 0 saturated heterocycles. The molecular weight excluding hydrogens is 248 g/mol. The van der Waals surface area contributed by atoms with E-state index in [0.717, 1.165) is 29.4 Å². The third kappa shape index (κ3) is 2.37. The summed E-state index contributed by atoms with van der Waals surface area (Å²) in [5, 5.41) is 9.15. The summed E-state index contributed by atoms with van der Waals surface area (Å²) in [5.41, 5.74) is 4.50. The van der Waals surface area contributed by atoms with Gasteiger partial charge in [0.25, 0.3) is 0 Å². The molecule has 0 aliphatic heterocycles. The molecule has 0 spiro atoms. The van der Waals surface area contributed by atoms with Gasteiger partial charge in [-0.15, -0.1) is 0 Å². The van der Waals surface area contributed by atoms with Crippen molar-refractivity contribution < 1.29 is 0 Å². The van der Waals surface area contributed by atoms with Crippen molar-refractivity contribution in [3.05, 3.63) is 65.1 Å². The molecule has 0 fully saturated rings. The zero-order valence-electron chi connectivity index (χ0n) is 12.0. The van der Waals surface area contributed by atoms with Crippen molar-refractivity contribution in [2.75, 3.05) is 0 Å². The fourth-order valence-corrected chi connectivity index (χ4v) is 2.37. The molecule has 0 saturated carbocycles. The van der Waals surface area contributed by atoms with Gasteiger partial charge in [-0.05, 0) is 32.4 Å². The van der Waals surface area contributed by atoms with Gasteiger partial charge in [-0.3, -0.25) is 4.68 Å². The maximum absolute atomic E-state index is 4.67. The van der Waals surface area contributed by atoms with Gasteiger partial charge in [-0.2, -0.15) is 10.2 Å². The molecule has 3 aromatic rings. The first-order valence-electron chi connectivity index (χ1n) is 6.75. The van der Waals surface area contributed by atoms with Gasteiger partial charge in [0.1, 0.15) is 0 Å².